The van der Waals surface area contributed by atoms with Crippen molar-refractivity contribution in [3.63, 3.8) is 0 Å². The first-order valence-electron chi connectivity index (χ1n) is 19.4. The minimum absolute atomic E-state index is 0. The van der Waals surface area contributed by atoms with E-state index >= 15 is 0 Å². The van der Waals surface area contributed by atoms with Gasteiger partial charge in [0, 0.05) is 62.3 Å². The number of hydrogen-bond donors (Lipinski definition) is 2. The summed E-state index contributed by atoms with van der Waals surface area (Å²) >= 11 is 0. The van der Waals surface area contributed by atoms with Gasteiger partial charge in [-0.25, -0.2) is 0 Å². The van der Waals surface area contributed by atoms with Crippen molar-refractivity contribution in [2.45, 2.75) is 25.7 Å². The topological polar surface area (TPSA) is 58.2 Å². The van der Waals surface area contributed by atoms with E-state index in [0.29, 0.717) is 38.8 Å². The smallest absolute Gasteiger partial charge is 0.386 e. The molecule has 0 radical (unpaired) electrons. The van der Waals surface area contributed by atoms with Gasteiger partial charge in [-0.1, -0.05) is 170 Å². The van der Waals surface area contributed by atoms with Crippen molar-refractivity contribution in [1.82, 2.24) is 10.6 Å². The minimum atomic E-state index is 0. The van der Waals surface area contributed by atoms with E-state index in [1.807, 2.05) is 48.5 Å². The molecule has 0 saturated heterocycles. The van der Waals surface area contributed by atoms with Crippen LogP contribution in [0.15, 0.2) is 193 Å². The predicted octanol–water partition coefficient (Wildman–Crippen LogP) is 10.7. The van der Waals surface area contributed by atoms with Crippen LogP contribution in [0.3, 0.4) is 0 Å². The molecule has 0 aliphatic rings. The standard InChI is InChI=1S/C52H44N2O2.Ni/c55-47(33-43-23-11-19-39-15-3-7-27-51(39)43)35-45(31-41-21-9-17-37-13-1-5-25-49(37)41)53-29-30-54-46(32-42-22-10-18-38-14-2-6-26-50(38)42)36-48(56)34-44-24-12-20-40-16-4-8-28-52(40)44;/h1-28,35-36,53-54H,29-34H2;/q;+2/b45-35-,46-36-;. The van der Waals surface area contributed by atoms with Gasteiger partial charge in [0.15, 0.2) is 11.6 Å². The van der Waals surface area contributed by atoms with Crippen LogP contribution in [0.5, 0.6) is 0 Å². The van der Waals surface area contributed by atoms with E-state index in [-0.39, 0.29) is 28.1 Å². The monoisotopic (exact) mass is 786 g/mol. The molecule has 0 amide bonds. The van der Waals surface area contributed by atoms with Crippen LogP contribution >= 0.6 is 0 Å². The third kappa shape index (κ3) is 9.58. The van der Waals surface area contributed by atoms with Crippen LogP contribution in [-0.4, -0.2) is 24.7 Å². The molecule has 4 nitrogen and oxygen atoms in total. The molecule has 8 aromatic rings. The Morgan fingerprint density at radius 3 is 0.930 bits per heavy atom. The molecule has 0 saturated carbocycles. The fourth-order valence-electron chi connectivity index (χ4n) is 7.84. The Morgan fingerprint density at radius 2 is 0.614 bits per heavy atom. The maximum atomic E-state index is 13.7. The third-order valence-corrected chi connectivity index (χ3v) is 10.5. The molecule has 0 aliphatic carbocycles. The Morgan fingerprint density at radius 1 is 0.351 bits per heavy atom. The summed E-state index contributed by atoms with van der Waals surface area (Å²) in [6.45, 7) is 1.12. The number of hydrogen-bond acceptors (Lipinski definition) is 4. The van der Waals surface area contributed by atoms with Gasteiger partial charge in [0.2, 0.25) is 0 Å². The molecular weight excluding hydrogens is 743 g/mol. The maximum absolute atomic E-state index is 13.7. The Hall–Kier alpha value is -6.29. The van der Waals surface area contributed by atoms with Gasteiger partial charge in [0.1, 0.15) is 0 Å². The summed E-state index contributed by atoms with van der Waals surface area (Å²) in [6, 6.07) is 58.1. The largest absolute Gasteiger partial charge is 2.00 e. The molecule has 0 aliphatic heterocycles. The van der Waals surface area contributed by atoms with Crippen LogP contribution in [0.4, 0.5) is 0 Å². The molecule has 8 aromatic carbocycles. The molecule has 282 valence electrons. The van der Waals surface area contributed by atoms with Crippen molar-refractivity contribution in [2.24, 2.45) is 0 Å². The molecule has 0 spiro atoms. The average Bonchev–Trinajstić information content (AvgIpc) is 3.23. The van der Waals surface area contributed by atoms with E-state index in [1.165, 1.54) is 21.5 Å². The Balaban J connectivity index is 0.00000496. The van der Waals surface area contributed by atoms with Gasteiger partial charge in [0.05, 0.1) is 0 Å². The zero-order valence-corrected chi connectivity index (χ0v) is 32.7. The molecular formula is C52H44N2NiO2+2. The summed E-state index contributed by atoms with van der Waals surface area (Å²) in [5.74, 6) is 0.0974. The number of ketones is 2. The van der Waals surface area contributed by atoms with Crippen molar-refractivity contribution < 1.29 is 26.1 Å². The average molecular weight is 788 g/mol. The zero-order chi connectivity index (χ0) is 38.1. The molecule has 0 atom stereocenters. The Kier molecular flexibility index (Phi) is 12.7. The van der Waals surface area contributed by atoms with E-state index < -0.39 is 0 Å². The zero-order valence-electron chi connectivity index (χ0n) is 31.7. The van der Waals surface area contributed by atoms with Crippen molar-refractivity contribution in [1.29, 1.82) is 0 Å². The van der Waals surface area contributed by atoms with Gasteiger partial charge < -0.3 is 10.6 Å². The molecule has 0 aromatic heterocycles. The molecule has 5 heteroatoms. The van der Waals surface area contributed by atoms with E-state index in [2.05, 4.69) is 132 Å². The molecule has 2 N–H and O–H groups in total. The van der Waals surface area contributed by atoms with E-state index in [0.717, 1.165) is 55.2 Å². The molecule has 0 heterocycles. The van der Waals surface area contributed by atoms with Crippen molar-refractivity contribution in [2.75, 3.05) is 13.1 Å². The van der Waals surface area contributed by atoms with Crippen LogP contribution < -0.4 is 10.6 Å². The normalized spacial score (nSPS) is 11.8. The van der Waals surface area contributed by atoms with Gasteiger partial charge in [-0.2, -0.15) is 0 Å². The van der Waals surface area contributed by atoms with E-state index in [1.54, 1.807) is 12.2 Å². The molecule has 8 rings (SSSR count). The summed E-state index contributed by atoms with van der Waals surface area (Å²) < 4.78 is 0. The van der Waals surface area contributed by atoms with Crippen LogP contribution in [0.1, 0.15) is 22.3 Å². The fraction of sp³-hybridized carbons (Fsp3) is 0.115. The van der Waals surface area contributed by atoms with Crippen LogP contribution in [0.25, 0.3) is 43.1 Å². The first kappa shape index (κ1) is 39.0. The molecule has 0 bridgehead atoms. The second kappa shape index (κ2) is 18.6. The van der Waals surface area contributed by atoms with Crippen molar-refractivity contribution in [3.8, 4) is 0 Å². The number of benzene rings is 8. The fourth-order valence-corrected chi connectivity index (χ4v) is 7.84. The summed E-state index contributed by atoms with van der Waals surface area (Å²) in [5, 5.41) is 16.4. The number of allylic oxidation sites excluding steroid dienone is 4. The number of carbonyl (C=O) groups excluding carboxylic acids is 2. The first-order valence-corrected chi connectivity index (χ1v) is 19.4. The Bertz CT molecular complexity index is 2560. The number of fused-ring (bicyclic) bond motifs is 4. The second-order valence-electron chi connectivity index (χ2n) is 14.4. The van der Waals surface area contributed by atoms with Crippen LogP contribution in [0, 0.1) is 0 Å². The molecule has 0 fully saturated rings. The van der Waals surface area contributed by atoms with Crippen LogP contribution in [-0.2, 0) is 51.8 Å². The SMILES string of the molecule is O=C(/C=C(/Cc1cccc2ccccc12)NCCN/C(=C\C(=O)Cc1cccc2ccccc12)Cc1cccc2ccccc12)Cc1cccc2ccccc12.[Ni+2]. The quantitative estimate of drug-likeness (QED) is 0.0617. The summed E-state index contributed by atoms with van der Waals surface area (Å²) in [6.07, 6.45) is 5.37. The van der Waals surface area contributed by atoms with Crippen LogP contribution in [0.2, 0.25) is 0 Å². The van der Waals surface area contributed by atoms with Gasteiger partial charge in [0.25, 0.3) is 0 Å². The molecule has 57 heavy (non-hydrogen) atoms. The number of nitrogens with one attached hydrogen (secondary N) is 2. The Labute approximate surface area is 344 Å². The second-order valence-corrected chi connectivity index (χ2v) is 14.4. The van der Waals surface area contributed by atoms with E-state index in [4.69, 9.17) is 0 Å². The predicted molar refractivity (Wildman–Crippen MR) is 233 cm³/mol. The summed E-state index contributed by atoms with van der Waals surface area (Å²) in [7, 11) is 0. The summed E-state index contributed by atoms with van der Waals surface area (Å²) in [5.41, 5.74) is 6.07. The van der Waals surface area contributed by atoms with Gasteiger partial charge in [-0.15, -0.1) is 0 Å². The third-order valence-electron chi connectivity index (χ3n) is 10.5. The maximum Gasteiger partial charge on any atom is 2.00 e. The van der Waals surface area contributed by atoms with Gasteiger partial charge in [-0.05, 0) is 65.3 Å². The van der Waals surface area contributed by atoms with E-state index in [9.17, 15) is 9.59 Å². The molecule has 0 unspecified atom stereocenters. The van der Waals surface area contributed by atoms with Crippen molar-refractivity contribution in [3.05, 3.63) is 216 Å². The summed E-state index contributed by atoms with van der Waals surface area (Å²) in [4.78, 5) is 27.5. The van der Waals surface area contributed by atoms with Gasteiger partial charge in [-0.3, -0.25) is 9.59 Å². The van der Waals surface area contributed by atoms with Crippen molar-refractivity contribution >= 4 is 54.7 Å². The minimum Gasteiger partial charge on any atom is -0.386 e. The van der Waals surface area contributed by atoms with Gasteiger partial charge >= 0.3 is 16.5 Å². The first-order chi connectivity index (χ1) is 27.6. The number of rotatable bonds is 15. The number of carbonyl (C=O) groups is 2.